The van der Waals surface area contributed by atoms with Gasteiger partial charge >= 0.3 is 8.80 Å². The molecule has 0 radical (unpaired) electrons. The Hall–Kier alpha value is 0.0169. The van der Waals surface area contributed by atoms with Crippen LogP contribution in [0.3, 0.4) is 0 Å². The minimum absolute atomic E-state index is 0.295. The SMILES string of the molecule is CCCCNC(O)CC.CCC[Si](OC)(OC)OC. The predicted octanol–water partition coefficient (Wildman–Crippen LogP) is 2.38. The van der Waals surface area contributed by atoms with Gasteiger partial charge in [-0.2, -0.15) is 0 Å². The predicted molar refractivity (Wildman–Crippen MR) is 81.1 cm³/mol. The standard InChI is InChI=1S/C7H17NO.C6H16O3Si/c1-3-5-6-8-7(9)4-2;1-5-6-10(7-2,8-3)9-4/h7-9H,3-6H2,1-2H3;5-6H2,1-4H3. The van der Waals surface area contributed by atoms with Crippen LogP contribution in [0.15, 0.2) is 0 Å². The molecule has 0 rings (SSSR count). The fourth-order valence-electron chi connectivity index (χ4n) is 1.45. The highest BCUT2D eigenvalue weighted by Crippen LogP contribution is 2.13. The van der Waals surface area contributed by atoms with Gasteiger partial charge in [-0.3, -0.25) is 5.32 Å². The average Bonchev–Trinajstić information content (AvgIpc) is 2.45. The van der Waals surface area contributed by atoms with Gasteiger partial charge in [-0.25, -0.2) is 0 Å². The molecule has 0 saturated heterocycles. The van der Waals surface area contributed by atoms with E-state index in [1.54, 1.807) is 21.3 Å². The molecule has 0 heterocycles. The Kier molecular flexibility index (Phi) is 16.2. The first-order valence-corrected chi connectivity index (χ1v) is 9.05. The molecule has 0 spiro atoms. The molecule has 1 atom stereocenters. The lowest BCUT2D eigenvalue weighted by atomic mass is 10.3. The van der Waals surface area contributed by atoms with Gasteiger partial charge in [0.2, 0.25) is 0 Å². The van der Waals surface area contributed by atoms with E-state index in [2.05, 4.69) is 19.2 Å². The van der Waals surface area contributed by atoms with Crippen LogP contribution in [0.25, 0.3) is 0 Å². The molecule has 2 N–H and O–H groups in total. The number of hydrogen-bond acceptors (Lipinski definition) is 5. The van der Waals surface area contributed by atoms with E-state index in [0.29, 0.717) is 0 Å². The lowest BCUT2D eigenvalue weighted by molar-refractivity contribution is 0.123. The smallest absolute Gasteiger partial charge is 0.379 e. The van der Waals surface area contributed by atoms with E-state index in [-0.39, 0.29) is 6.23 Å². The van der Waals surface area contributed by atoms with Crippen molar-refractivity contribution in [2.24, 2.45) is 0 Å². The molecule has 0 bridgehead atoms. The van der Waals surface area contributed by atoms with E-state index in [9.17, 15) is 0 Å². The Labute approximate surface area is 120 Å². The lowest BCUT2D eigenvalue weighted by Crippen LogP contribution is -2.42. The van der Waals surface area contributed by atoms with Crippen LogP contribution in [0, 0.1) is 0 Å². The maximum atomic E-state index is 8.97. The fraction of sp³-hybridized carbons (Fsp3) is 1.00. The molecule has 1 unspecified atom stereocenters. The Bertz CT molecular complexity index is 172. The third-order valence-electron chi connectivity index (χ3n) is 2.79. The minimum atomic E-state index is -2.22. The maximum Gasteiger partial charge on any atom is 0.500 e. The summed E-state index contributed by atoms with van der Waals surface area (Å²) in [6, 6.07) is 0.885. The maximum absolute atomic E-state index is 8.97. The monoisotopic (exact) mass is 295 g/mol. The minimum Gasteiger partial charge on any atom is -0.379 e. The summed E-state index contributed by atoms with van der Waals surface area (Å²) in [4.78, 5) is 0. The zero-order valence-electron chi connectivity index (χ0n) is 13.5. The van der Waals surface area contributed by atoms with Crippen LogP contribution in [0.2, 0.25) is 6.04 Å². The van der Waals surface area contributed by atoms with Gasteiger partial charge in [-0.15, -0.1) is 0 Å². The molecule has 0 aliphatic heterocycles. The number of unbranched alkanes of at least 4 members (excludes halogenated alkanes) is 1. The molecular formula is C13H33NO4Si. The zero-order valence-corrected chi connectivity index (χ0v) is 14.5. The molecule has 5 nitrogen and oxygen atoms in total. The lowest BCUT2D eigenvalue weighted by Gasteiger charge is -2.23. The summed E-state index contributed by atoms with van der Waals surface area (Å²) >= 11 is 0. The Morgan fingerprint density at radius 3 is 1.79 bits per heavy atom. The molecule has 0 fully saturated rings. The van der Waals surface area contributed by atoms with E-state index in [4.69, 9.17) is 18.4 Å². The third-order valence-corrected chi connectivity index (χ3v) is 5.76. The van der Waals surface area contributed by atoms with Crippen LogP contribution in [0.5, 0.6) is 0 Å². The molecule has 0 amide bonds. The van der Waals surface area contributed by atoms with Gasteiger partial charge in [-0.05, 0) is 19.4 Å². The van der Waals surface area contributed by atoms with E-state index in [1.807, 2.05) is 6.92 Å². The number of nitrogens with one attached hydrogen (secondary N) is 1. The molecule has 0 saturated carbocycles. The van der Waals surface area contributed by atoms with E-state index in [0.717, 1.165) is 31.9 Å². The van der Waals surface area contributed by atoms with Gasteiger partial charge in [0, 0.05) is 27.4 Å². The van der Waals surface area contributed by atoms with Gasteiger partial charge in [0.15, 0.2) is 0 Å². The summed E-state index contributed by atoms with van der Waals surface area (Å²) < 4.78 is 15.5. The second-order valence-corrected chi connectivity index (χ2v) is 7.37. The van der Waals surface area contributed by atoms with Crippen LogP contribution in [0.4, 0.5) is 0 Å². The van der Waals surface area contributed by atoms with Gasteiger partial charge < -0.3 is 18.4 Å². The summed E-state index contributed by atoms with van der Waals surface area (Å²) in [5, 5.41) is 12.0. The first-order chi connectivity index (χ1) is 9.05. The van der Waals surface area contributed by atoms with E-state index >= 15 is 0 Å². The number of rotatable bonds is 10. The van der Waals surface area contributed by atoms with Crippen LogP contribution in [-0.2, 0) is 13.3 Å². The highest BCUT2D eigenvalue weighted by Gasteiger charge is 2.36. The van der Waals surface area contributed by atoms with Gasteiger partial charge in [0.1, 0.15) is 6.23 Å². The van der Waals surface area contributed by atoms with Crippen molar-refractivity contribution in [3.8, 4) is 0 Å². The number of aliphatic hydroxyl groups excluding tert-OH is 1. The second kappa shape index (κ2) is 14.4. The summed E-state index contributed by atoms with van der Waals surface area (Å²) in [6.07, 6.45) is 3.86. The quantitative estimate of drug-likeness (QED) is 0.368. The summed E-state index contributed by atoms with van der Waals surface area (Å²) in [5.41, 5.74) is 0. The third kappa shape index (κ3) is 11.5. The molecular weight excluding hydrogens is 262 g/mol. The van der Waals surface area contributed by atoms with Crippen molar-refractivity contribution < 1.29 is 18.4 Å². The van der Waals surface area contributed by atoms with Crippen molar-refractivity contribution in [2.75, 3.05) is 27.9 Å². The Balaban J connectivity index is 0. The summed E-state index contributed by atoms with van der Waals surface area (Å²) in [5.74, 6) is 0. The van der Waals surface area contributed by atoms with E-state index in [1.165, 1.54) is 6.42 Å². The average molecular weight is 295 g/mol. The molecule has 0 aliphatic rings. The topological polar surface area (TPSA) is 60.0 Å². The fourth-order valence-corrected chi connectivity index (χ4v) is 3.18. The largest absolute Gasteiger partial charge is 0.500 e. The zero-order chi connectivity index (χ0) is 15.1. The summed E-state index contributed by atoms with van der Waals surface area (Å²) in [7, 11) is 2.68. The van der Waals surface area contributed by atoms with Crippen molar-refractivity contribution in [1.82, 2.24) is 5.32 Å². The van der Waals surface area contributed by atoms with Crippen LogP contribution in [0.1, 0.15) is 46.5 Å². The molecule has 0 aromatic carbocycles. The summed E-state index contributed by atoms with van der Waals surface area (Å²) in [6.45, 7) is 7.12. The van der Waals surface area contributed by atoms with Gasteiger partial charge in [0.05, 0.1) is 0 Å². The van der Waals surface area contributed by atoms with Gasteiger partial charge in [0.25, 0.3) is 0 Å². The number of hydrogen-bond donors (Lipinski definition) is 2. The van der Waals surface area contributed by atoms with Crippen LogP contribution >= 0.6 is 0 Å². The highest BCUT2D eigenvalue weighted by molar-refractivity contribution is 6.60. The molecule has 0 aromatic rings. The molecule has 6 heteroatoms. The van der Waals surface area contributed by atoms with Crippen molar-refractivity contribution in [1.29, 1.82) is 0 Å². The highest BCUT2D eigenvalue weighted by atomic mass is 28.4. The molecule has 118 valence electrons. The normalized spacial score (nSPS) is 12.8. The Morgan fingerprint density at radius 2 is 1.53 bits per heavy atom. The van der Waals surface area contributed by atoms with Gasteiger partial charge in [-0.1, -0.05) is 33.6 Å². The molecule has 19 heavy (non-hydrogen) atoms. The van der Waals surface area contributed by atoms with Crippen molar-refractivity contribution in [3.05, 3.63) is 0 Å². The van der Waals surface area contributed by atoms with Crippen LogP contribution in [-0.4, -0.2) is 48.0 Å². The number of aliphatic hydroxyl groups is 1. The molecule has 0 aromatic heterocycles. The van der Waals surface area contributed by atoms with Crippen LogP contribution < -0.4 is 5.32 Å². The van der Waals surface area contributed by atoms with Crippen molar-refractivity contribution >= 4 is 8.80 Å². The Morgan fingerprint density at radius 1 is 1.00 bits per heavy atom. The van der Waals surface area contributed by atoms with E-state index < -0.39 is 8.80 Å². The van der Waals surface area contributed by atoms with Crippen molar-refractivity contribution in [2.45, 2.75) is 58.7 Å². The molecule has 0 aliphatic carbocycles. The second-order valence-electron chi connectivity index (χ2n) is 4.28. The first kappa shape index (κ1) is 21.3. The van der Waals surface area contributed by atoms with Crippen molar-refractivity contribution in [3.63, 3.8) is 0 Å². The first-order valence-electron chi connectivity index (χ1n) is 7.12.